The second-order valence-electron chi connectivity index (χ2n) is 4.55. The number of nitrogens with one attached hydrogen (secondary N) is 1. The number of nitrogens with zero attached hydrogens (tertiary/aromatic N) is 1. The van der Waals surface area contributed by atoms with Crippen molar-refractivity contribution in [1.82, 2.24) is 4.98 Å². The second-order valence-corrected chi connectivity index (χ2v) is 6.36. The number of hydrogen-bond acceptors (Lipinski definition) is 3. The number of anilines is 1. The lowest BCUT2D eigenvalue weighted by Gasteiger charge is -2.01. The van der Waals surface area contributed by atoms with Crippen molar-refractivity contribution in [2.24, 2.45) is 0 Å². The molecule has 3 aromatic rings. The number of halogens is 2. The van der Waals surface area contributed by atoms with E-state index in [-0.39, 0.29) is 5.91 Å². The third-order valence-electron chi connectivity index (χ3n) is 2.99. The maximum absolute atomic E-state index is 12.2. The molecular weight excluding hydrogens is 327 g/mol. The lowest BCUT2D eigenvalue weighted by molar-refractivity contribution is 0.102. The first-order valence-corrected chi connectivity index (χ1v) is 7.74. The first-order chi connectivity index (χ1) is 10.0. The molecule has 0 radical (unpaired) electrons. The smallest absolute Gasteiger partial charge is 0.257 e. The van der Waals surface area contributed by atoms with Gasteiger partial charge >= 0.3 is 0 Å². The highest BCUT2D eigenvalue weighted by Crippen LogP contribution is 2.35. The Bertz CT molecular complexity index is 828. The standard InChI is InChI=1S/C15H10Cl2N2OS/c1-8-2-4-9(5-3-8)14(20)19-15-18-13-11(21-15)7-6-10(16)12(13)17/h2-7H,1H3,(H,18,19,20). The molecule has 0 unspecified atom stereocenters. The van der Waals surface area contributed by atoms with Crippen molar-refractivity contribution < 1.29 is 4.79 Å². The van der Waals surface area contributed by atoms with Crippen molar-refractivity contribution >= 4 is 55.8 Å². The Kier molecular flexibility index (Phi) is 3.85. The molecule has 0 aliphatic rings. The van der Waals surface area contributed by atoms with Gasteiger partial charge in [-0.2, -0.15) is 0 Å². The van der Waals surface area contributed by atoms with E-state index in [1.54, 1.807) is 18.2 Å². The van der Waals surface area contributed by atoms with Gasteiger partial charge in [-0.05, 0) is 31.2 Å². The Hall–Kier alpha value is -1.62. The third kappa shape index (κ3) is 2.88. The van der Waals surface area contributed by atoms with E-state index in [0.717, 1.165) is 10.3 Å². The molecule has 0 saturated heterocycles. The molecule has 0 atom stereocenters. The maximum Gasteiger partial charge on any atom is 0.257 e. The van der Waals surface area contributed by atoms with Gasteiger partial charge in [0.25, 0.3) is 5.91 Å². The van der Waals surface area contributed by atoms with Gasteiger partial charge in [-0.3, -0.25) is 10.1 Å². The summed E-state index contributed by atoms with van der Waals surface area (Å²) in [6.07, 6.45) is 0. The number of amides is 1. The van der Waals surface area contributed by atoms with Gasteiger partial charge in [0.2, 0.25) is 0 Å². The van der Waals surface area contributed by atoms with E-state index in [1.807, 2.05) is 25.1 Å². The summed E-state index contributed by atoms with van der Waals surface area (Å²) >= 11 is 13.4. The number of carbonyl (C=O) groups excluding carboxylic acids is 1. The van der Waals surface area contributed by atoms with Crippen molar-refractivity contribution in [3.05, 3.63) is 57.6 Å². The first kappa shape index (κ1) is 14.3. The van der Waals surface area contributed by atoms with Gasteiger partial charge in [0, 0.05) is 5.56 Å². The number of fused-ring (bicyclic) bond motifs is 1. The van der Waals surface area contributed by atoms with Gasteiger partial charge in [-0.1, -0.05) is 52.2 Å². The minimum absolute atomic E-state index is 0.198. The van der Waals surface area contributed by atoms with Crippen LogP contribution in [0.5, 0.6) is 0 Å². The van der Waals surface area contributed by atoms with E-state index >= 15 is 0 Å². The number of thiazole rings is 1. The molecule has 1 amide bonds. The fourth-order valence-electron chi connectivity index (χ4n) is 1.86. The summed E-state index contributed by atoms with van der Waals surface area (Å²) in [4.78, 5) is 16.5. The Morgan fingerprint density at radius 3 is 2.57 bits per heavy atom. The van der Waals surface area contributed by atoms with Crippen LogP contribution in [0, 0.1) is 6.92 Å². The zero-order valence-electron chi connectivity index (χ0n) is 11.0. The van der Waals surface area contributed by atoms with Gasteiger partial charge in [-0.15, -0.1) is 0 Å². The number of hydrogen-bond donors (Lipinski definition) is 1. The quantitative estimate of drug-likeness (QED) is 0.701. The van der Waals surface area contributed by atoms with Crippen LogP contribution in [0.1, 0.15) is 15.9 Å². The molecule has 21 heavy (non-hydrogen) atoms. The molecule has 1 aromatic heterocycles. The van der Waals surface area contributed by atoms with Crippen molar-refractivity contribution in [2.45, 2.75) is 6.92 Å². The summed E-state index contributed by atoms with van der Waals surface area (Å²) in [5, 5.41) is 4.13. The number of carbonyl (C=O) groups is 1. The van der Waals surface area contributed by atoms with E-state index in [9.17, 15) is 4.79 Å². The molecule has 0 bridgehead atoms. The number of rotatable bonds is 2. The van der Waals surface area contributed by atoms with Gasteiger partial charge in [0.05, 0.1) is 14.7 Å². The zero-order chi connectivity index (χ0) is 15.0. The van der Waals surface area contributed by atoms with E-state index in [2.05, 4.69) is 10.3 Å². The third-order valence-corrected chi connectivity index (χ3v) is 4.72. The molecule has 1 N–H and O–H groups in total. The van der Waals surface area contributed by atoms with Crippen LogP contribution in [0.25, 0.3) is 10.2 Å². The maximum atomic E-state index is 12.2. The van der Waals surface area contributed by atoms with E-state index in [1.165, 1.54) is 11.3 Å². The highest BCUT2D eigenvalue weighted by molar-refractivity contribution is 7.22. The number of aryl methyl sites for hydroxylation is 1. The molecule has 0 fully saturated rings. The van der Waals surface area contributed by atoms with Crippen LogP contribution in [0.3, 0.4) is 0 Å². The summed E-state index contributed by atoms with van der Waals surface area (Å²) in [7, 11) is 0. The van der Waals surface area contributed by atoms with Crippen molar-refractivity contribution in [3.63, 3.8) is 0 Å². The van der Waals surface area contributed by atoms with Crippen LogP contribution in [0.15, 0.2) is 36.4 Å². The van der Waals surface area contributed by atoms with Crippen LogP contribution in [0.2, 0.25) is 10.0 Å². The first-order valence-electron chi connectivity index (χ1n) is 6.17. The minimum Gasteiger partial charge on any atom is -0.298 e. The molecular formula is C15H10Cl2N2OS. The summed E-state index contributed by atoms with van der Waals surface area (Å²) in [6.45, 7) is 1.97. The molecule has 0 saturated carbocycles. The predicted octanol–water partition coefficient (Wildman–Crippen LogP) is 5.16. The fraction of sp³-hybridized carbons (Fsp3) is 0.0667. The Labute approximate surface area is 135 Å². The average Bonchev–Trinajstić information content (AvgIpc) is 2.87. The van der Waals surface area contributed by atoms with Crippen LogP contribution < -0.4 is 5.32 Å². The van der Waals surface area contributed by atoms with Crippen LogP contribution >= 0.6 is 34.5 Å². The molecule has 0 spiro atoms. The number of aromatic nitrogens is 1. The molecule has 0 aliphatic carbocycles. The molecule has 6 heteroatoms. The second kappa shape index (κ2) is 5.64. The normalized spacial score (nSPS) is 10.8. The Morgan fingerprint density at radius 1 is 1.14 bits per heavy atom. The van der Waals surface area contributed by atoms with Gasteiger partial charge in [-0.25, -0.2) is 4.98 Å². The molecule has 3 rings (SSSR count). The van der Waals surface area contributed by atoms with Gasteiger partial charge < -0.3 is 0 Å². The highest BCUT2D eigenvalue weighted by atomic mass is 35.5. The van der Waals surface area contributed by atoms with Crippen LogP contribution in [0.4, 0.5) is 5.13 Å². The molecule has 0 aliphatic heterocycles. The molecule has 106 valence electrons. The van der Waals surface area contributed by atoms with Crippen LogP contribution in [-0.2, 0) is 0 Å². The number of benzene rings is 2. The summed E-state index contributed by atoms with van der Waals surface area (Å²) in [6, 6.07) is 10.9. The molecule has 3 nitrogen and oxygen atoms in total. The van der Waals surface area contributed by atoms with Gasteiger partial charge in [0.1, 0.15) is 5.52 Å². The summed E-state index contributed by atoms with van der Waals surface area (Å²) in [5.41, 5.74) is 2.30. The summed E-state index contributed by atoms with van der Waals surface area (Å²) in [5.74, 6) is -0.198. The Balaban J connectivity index is 1.89. The topological polar surface area (TPSA) is 42.0 Å². The minimum atomic E-state index is -0.198. The van der Waals surface area contributed by atoms with Crippen molar-refractivity contribution in [3.8, 4) is 0 Å². The molecule has 2 aromatic carbocycles. The van der Waals surface area contributed by atoms with Crippen LogP contribution in [-0.4, -0.2) is 10.9 Å². The predicted molar refractivity (Wildman–Crippen MR) is 88.8 cm³/mol. The van der Waals surface area contributed by atoms with Crippen molar-refractivity contribution in [2.75, 3.05) is 5.32 Å². The van der Waals surface area contributed by atoms with E-state index < -0.39 is 0 Å². The average molecular weight is 337 g/mol. The zero-order valence-corrected chi connectivity index (χ0v) is 13.3. The monoisotopic (exact) mass is 336 g/mol. The largest absolute Gasteiger partial charge is 0.298 e. The Morgan fingerprint density at radius 2 is 1.86 bits per heavy atom. The lowest BCUT2D eigenvalue weighted by Crippen LogP contribution is -2.11. The fourth-order valence-corrected chi connectivity index (χ4v) is 3.15. The highest BCUT2D eigenvalue weighted by Gasteiger charge is 2.13. The van der Waals surface area contributed by atoms with E-state index in [4.69, 9.17) is 23.2 Å². The summed E-state index contributed by atoms with van der Waals surface area (Å²) < 4.78 is 0.878. The SMILES string of the molecule is Cc1ccc(C(=O)Nc2nc3c(Cl)c(Cl)ccc3s2)cc1. The van der Waals surface area contributed by atoms with E-state index in [0.29, 0.717) is 26.3 Å². The van der Waals surface area contributed by atoms with Gasteiger partial charge in [0.15, 0.2) is 5.13 Å². The molecule has 1 heterocycles. The van der Waals surface area contributed by atoms with Crippen molar-refractivity contribution in [1.29, 1.82) is 0 Å². The lowest BCUT2D eigenvalue weighted by atomic mass is 10.1.